The highest BCUT2D eigenvalue weighted by molar-refractivity contribution is 6.01. The number of carbonyl (C=O) groups excluding carboxylic acids is 1. The van der Waals surface area contributed by atoms with Gasteiger partial charge in [0.1, 0.15) is 0 Å². The highest BCUT2D eigenvalue weighted by Gasteiger charge is 2.23. The second-order valence-corrected chi connectivity index (χ2v) is 7.63. The van der Waals surface area contributed by atoms with Gasteiger partial charge in [0.25, 0.3) is 0 Å². The number of morpholine rings is 1. The maximum atomic E-state index is 12.7. The molecule has 2 amide bonds. The molecule has 0 saturated carbocycles. The van der Waals surface area contributed by atoms with E-state index in [1.165, 1.54) is 6.42 Å². The van der Waals surface area contributed by atoms with Gasteiger partial charge in [-0.2, -0.15) is 0 Å². The first-order valence-electron chi connectivity index (χ1n) is 10.1. The van der Waals surface area contributed by atoms with Crippen LogP contribution in [-0.4, -0.2) is 61.8 Å². The number of rotatable bonds is 4. The van der Waals surface area contributed by atoms with Gasteiger partial charge in [-0.05, 0) is 43.2 Å². The van der Waals surface area contributed by atoms with E-state index in [-0.39, 0.29) is 6.03 Å². The molecule has 0 aromatic heterocycles. The van der Waals surface area contributed by atoms with Gasteiger partial charge in [-0.3, -0.25) is 4.90 Å². The third-order valence-electron chi connectivity index (χ3n) is 5.89. The molecule has 2 aliphatic heterocycles. The molecule has 0 aliphatic carbocycles. The van der Waals surface area contributed by atoms with Crippen molar-refractivity contribution in [3.63, 3.8) is 0 Å². The molecule has 2 aromatic rings. The van der Waals surface area contributed by atoms with Crippen molar-refractivity contribution in [3.8, 4) is 0 Å². The third kappa shape index (κ3) is 4.60. The molecular formula is C22H29N3O2. The summed E-state index contributed by atoms with van der Waals surface area (Å²) in [6.07, 6.45) is 3.44. The molecule has 0 radical (unpaired) electrons. The lowest BCUT2D eigenvalue weighted by Gasteiger charge is -2.34. The van der Waals surface area contributed by atoms with E-state index in [0.717, 1.165) is 81.2 Å². The zero-order valence-electron chi connectivity index (χ0n) is 15.9. The molecule has 0 spiro atoms. The quantitative estimate of drug-likeness (QED) is 0.894. The summed E-state index contributed by atoms with van der Waals surface area (Å²) in [7, 11) is 0. The first-order chi connectivity index (χ1) is 13.3. The van der Waals surface area contributed by atoms with Crippen LogP contribution in [0.3, 0.4) is 0 Å². The van der Waals surface area contributed by atoms with Crippen LogP contribution in [0.15, 0.2) is 42.5 Å². The number of hydrogen-bond acceptors (Lipinski definition) is 3. The average molecular weight is 367 g/mol. The number of amides is 2. The van der Waals surface area contributed by atoms with E-state index >= 15 is 0 Å². The van der Waals surface area contributed by atoms with Crippen LogP contribution in [-0.2, 0) is 4.74 Å². The van der Waals surface area contributed by atoms with Gasteiger partial charge in [0.15, 0.2) is 0 Å². The summed E-state index contributed by atoms with van der Waals surface area (Å²) in [4.78, 5) is 17.2. The zero-order chi connectivity index (χ0) is 18.5. The normalized spacial score (nSPS) is 19.3. The van der Waals surface area contributed by atoms with Gasteiger partial charge in [0, 0.05) is 31.6 Å². The van der Waals surface area contributed by atoms with E-state index in [0.29, 0.717) is 0 Å². The van der Waals surface area contributed by atoms with Gasteiger partial charge >= 0.3 is 6.03 Å². The molecule has 5 heteroatoms. The first-order valence-corrected chi connectivity index (χ1v) is 10.1. The maximum Gasteiger partial charge on any atom is 0.321 e. The summed E-state index contributed by atoms with van der Waals surface area (Å²) in [6.45, 7) is 6.73. The minimum absolute atomic E-state index is 0.0259. The van der Waals surface area contributed by atoms with Gasteiger partial charge in [-0.1, -0.05) is 36.4 Å². The average Bonchev–Trinajstić information content (AvgIpc) is 2.74. The van der Waals surface area contributed by atoms with Crippen molar-refractivity contribution < 1.29 is 9.53 Å². The maximum absolute atomic E-state index is 12.7. The SMILES string of the molecule is O=C(Nc1cccc2ccccc12)N1CCC(CCN2CCOCC2)CC1. The van der Waals surface area contributed by atoms with Crippen molar-refractivity contribution >= 4 is 22.5 Å². The van der Waals surface area contributed by atoms with E-state index in [9.17, 15) is 4.79 Å². The van der Waals surface area contributed by atoms with Gasteiger partial charge in [-0.25, -0.2) is 4.79 Å². The Labute approximate surface area is 161 Å². The molecule has 0 bridgehead atoms. The summed E-state index contributed by atoms with van der Waals surface area (Å²) < 4.78 is 5.41. The molecule has 2 saturated heterocycles. The molecule has 0 atom stereocenters. The molecule has 1 N–H and O–H groups in total. The number of nitrogens with zero attached hydrogens (tertiary/aromatic N) is 2. The van der Waals surface area contributed by atoms with Crippen LogP contribution in [0.4, 0.5) is 10.5 Å². The second kappa shape index (κ2) is 8.72. The zero-order valence-corrected chi connectivity index (χ0v) is 15.9. The van der Waals surface area contributed by atoms with Crippen LogP contribution in [0.25, 0.3) is 10.8 Å². The Morgan fingerprint density at radius 2 is 1.74 bits per heavy atom. The molecular weight excluding hydrogens is 338 g/mol. The summed E-state index contributed by atoms with van der Waals surface area (Å²) >= 11 is 0. The highest BCUT2D eigenvalue weighted by Crippen LogP contribution is 2.25. The molecule has 2 aliphatic rings. The van der Waals surface area contributed by atoms with Crippen LogP contribution in [0.2, 0.25) is 0 Å². The molecule has 2 heterocycles. The number of fused-ring (bicyclic) bond motifs is 1. The van der Waals surface area contributed by atoms with E-state index in [1.807, 2.05) is 29.2 Å². The summed E-state index contributed by atoms with van der Waals surface area (Å²) in [5.74, 6) is 0.731. The predicted molar refractivity (Wildman–Crippen MR) is 109 cm³/mol. The fraction of sp³-hybridized carbons (Fsp3) is 0.500. The van der Waals surface area contributed by atoms with Crippen molar-refractivity contribution in [2.24, 2.45) is 5.92 Å². The largest absolute Gasteiger partial charge is 0.379 e. The standard InChI is InChI=1S/C22H29N3O2/c26-22(23-21-7-3-5-19-4-1-2-6-20(19)21)25-12-9-18(10-13-25)8-11-24-14-16-27-17-15-24/h1-7,18H,8-17H2,(H,23,26). The topological polar surface area (TPSA) is 44.8 Å². The Kier molecular flexibility index (Phi) is 5.90. The Hall–Kier alpha value is -2.11. The van der Waals surface area contributed by atoms with Gasteiger partial charge in [0.05, 0.1) is 18.9 Å². The van der Waals surface area contributed by atoms with Crippen molar-refractivity contribution in [2.45, 2.75) is 19.3 Å². The molecule has 0 unspecified atom stereocenters. The lowest BCUT2D eigenvalue weighted by atomic mass is 9.93. The van der Waals surface area contributed by atoms with Crippen molar-refractivity contribution in [1.29, 1.82) is 0 Å². The molecule has 27 heavy (non-hydrogen) atoms. The molecule has 2 fully saturated rings. The smallest absolute Gasteiger partial charge is 0.321 e. The van der Waals surface area contributed by atoms with Crippen LogP contribution < -0.4 is 5.32 Å². The third-order valence-corrected chi connectivity index (χ3v) is 5.89. The molecule has 4 rings (SSSR count). The fourth-order valence-electron chi connectivity index (χ4n) is 4.14. The van der Waals surface area contributed by atoms with E-state index < -0.39 is 0 Å². The van der Waals surface area contributed by atoms with Crippen LogP contribution in [0.5, 0.6) is 0 Å². The number of ether oxygens (including phenoxy) is 1. The van der Waals surface area contributed by atoms with Gasteiger partial charge in [0.2, 0.25) is 0 Å². The Balaban J connectivity index is 1.27. The van der Waals surface area contributed by atoms with E-state index in [2.05, 4.69) is 28.4 Å². The number of carbonyl (C=O) groups is 1. The Bertz CT molecular complexity index is 760. The van der Waals surface area contributed by atoms with Gasteiger partial charge < -0.3 is 15.0 Å². The highest BCUT2D eigenvalue weighted by atomic mass is 16.5. The number of likely N-dealkylation sites (tertiary alicyclic amines) is 1. The molecule has 144 valence electrons. The Morgan fingerprint density at radius 1 is 1.00 bits per heavy atom. The monoisotopic (exact) mass is 367 g/mol. The number of piperidine rings is 1. The fourth-order valence-corrected chi connectivity index (χ4v) is 4.14. The van der Waals surface area contributed by atoms with Crippen molar-refractivity contribution in [2.75, 3.05) is 51.3 Å². The number of anilines is 1. The van der Waals surface area contributed by atoms with Gasteiger partial charge in [-0.15, -0.1) is 0 Å². The van der Waals surface area contributed by atoms with Crippen LogP contribution in [0.1, 0.15) is 19.3 Å². The Morgan fingerprint density at radius 3 is 2.56 bits per heavy atom. The van der Waals surface area contributed by atoms with Crippen molar-refractivity contribution in [1.82, 2.24) is 9.80 Å². The number of nitrogens with one attached hydrogen (secondary N) is 1. The van der Waals surface area contributed by atoms with E-state index in [1.54, 1.807) is 0 Å². The number of urea groups is 1. The summed E-state index contributed by atoms with van der Waals surface area (Å²) in [5.41, 5.74) is 0.896. The molecule has 2 aromatic carbocycles. The minimum atomic E-state index is 0.0259. The minimum Gasteiger partial charge on any atom is -0.379 e. The lowest BCUT2D eigenvalue weighted by molar-refractivity contribution is 0.0340. The summed E-state index contributed by atoms with van der Waals surface area (Å²) in [6, 6.07) is 14.2. The van der Waals surface area contributed by atoms with Crippen LogP contribution in [0, 0.1) is 5.92 Å². The van der Waals surface area contributed by atoms with E-state index in [4.69, 9.17) is 4.74 Å². The summed E-state index contributed by atoms with van der Waals surface area (Å²) in [5, 5.41) is 5.36. The number of benzene rings is 2. The molecule has 5 nitrogen and oxygen atoms in total. The predicted octanol–water partition coefficient (Wildman–Crippen LogP) is 3.81. The second-order valence-electron chi connectivity index (χ2n) is 7.63. The van der Waals surface area contributed by atoms with Crippen LogP contribution >= 0.6 is 0 Å². The first kappa shape index (κ1) is 18.3. The number of hydrogen-bond donors (Lipinski definition) is 1. The van der Waals surface area contributed by atoms with Crippen molar-refractivity contribution in [3.05, 3.63) is 42.5 Å². The lowest BCUT2D eigenvalue weighted by Crippen LogP contribution is -2.42.